The molecule has 0 aliphatic rings. The van der Waals surface area contributed by atoms with Crippen molar-refractivity contribution in [3.63, 3.8) is 0 Å². The summed E-state index contributed by atoms with van der Waals surface area (Å²) in [4.78, 5) is 0.872. The summed E-state index contributed by atoms with van der Waals surface area (Å²) in [5.74, 6) is 0.144. The van der Waals surface area contributed by atoms with Gasteiger partial charge in [0, 0.05) is 10.3 Å². The van der Waals surface area contributed by atoms with E-state index in [4.69, 9.17) is 5.73 Å². The number of phenolic OH excluding ortho intramolecular Hbond substituents is 1. The zero-order valence-corrected chi connectivity index (χ0v) is 7.75. The van der Waals surface area contributed by atoms with Crippen molar-refractivity contribution in [2.75, 3.05) is 5.73 Å². The van der Waals surface area contributed by atoms with Crippen LogP contribution in [-0.2, 0) is 0 Å². The summed E-state index contributed by atoms with van der Waals surface area (Å²) in [5, 5.41) is 11.3. The summed E-state index contributed by atoms with van der Waals surface area (Å²) in [5.41, 5.74) is 5.96. The van der Waals surface area contributed by atoms with Crippen LogP contribution in [0.1, 0.15) is 0 Å². The number of anilines is 1. The van der Waals surface area contributed by atoms with Gasteiger partial charge >= 0.3 is 0 Å². The van der Waals surface area contributed by atoms with E-state index in [1.165, 1.54) is 0 Å². The number of aromatic hydroxyl groups is 1. The predicted molar refractivity (Wildman–Crippen MR) is 57.3 cm³/mol. The van der Waals surface area contributed by atoms with E-state index >= 15 is 0 Å². The zero-order valence-electron chi connectivity index (χ0n) is 6.86. The molecule has 0 fully saturated rings. The van der Waals surface area contributed by atoms with Crippen molar-refractivity contribution in [3.05, 3.63) is 30.3 Å². The number of fused-ring (bicyclic) bond motifs is 1. The summed E-state index contributed by atoms with van der Waals surface area (Å²) in [7, 11) is 0. The van der Waals surface area contributed by atoms with Gasteiger partial charge in [-0.05, 0) is 29.7 Å². The summed E-state index contributed by atoms with van der Waals surface area (Å²) in [6.07, 6.45) is 0. The average Bonchev–Trinajstić information content (AvgIpc) is 2.12. The maximum Gasteiger partial charge on any atom is 0.146 e. The van der Waals surface area contributed by atoms with E-state index in [1.807, 2.05) is 24.3 Å². The first-order valence-corrected chi connectivity index (χ1v) is 4.33. The Morgan fingerprint density at radius 3 is 2.69 bits per heavy atom. The van der Waals surface area contributed by atoms with Crippen LogP contribution in [0.3, 0.4) is 0 Å². The average molecular weight is 191 g/mol. The van der Waals surface area contributed by atoms with Gasteiger partial charge in [0.05, 0.1) is 5.69 Å². The molecule has 0 saturated carbocycles. The third kappa shape index (κ3) is 1.31. The molecule has 2 nitrogen and oxygen atoms in total. The van der Waals surface area contributed by atoms with E-state index < -0.39 is 0 Å². The summed E-state index contributed by atoms with van der Waals surface area (Å²) < 4.78 is 0. The highest BCUT2D eigenvalue weighted by atomic mass is 32.1. The number of nitrogen functional groups attached to an aromatic ring is 1. The lowest BCUT2D eigenvalue weighted by atomic mass is 10.1. The van der Waals surface area contributed by atoms with E-state index in [-0.39, 0.29) is 5.75 Å². The fourth-order valence-corrected chi connectivity index (χ4v) is 1.53. The van der Waals surface area contributed by atoms with Gasteiger partial charge in [0.15, 0.2) is 0 Å². The number of phenols is 1. The molecule has 0 unspecified atom stereocenters. The second-order valence-electron chi connectivity index (χ2n) is 2.91. The van der Waals surface area contributed by atoms with E-state index in [2.05, 4.69) is 12.6 Å². The van der Waals surface area contributed by atoms with Gasteiger partial charge in [0.25, 0.3) is 0 Å². The Hall–Kier alpha value is -1.35. The molecule has 0 aromatic heterocycles. The molecule has 0 radical (unpaired) electrons. The number of rotatable bonds is 0. The van der Waals surface area contributed by atoms with Crippen molar-refractivity contribution in [2.45, 2.75) is 4.90 Å². The van der Waals surface area contributed by atoms with Crippen LogP contribution in [0.15, 0.2) is 35.2 Å². The smallest absolute Gasteiger partial charge is 0.146 e. The number of hydrogen-bond acceptors (Lipinski definition) is 3. The van der Waals surface area contributed by atoms with Crippen LogP contribution in [0.5, 0.6) is 5.75 Å². The molecule has 0 atom stereocenters. The second kappa shape index (κ2) is 2.85. The van der Waals surface area contributed by atoms with Gasteiger partial charge < -0.3 is 10.8 Å². The van der Waals surface area contributed by atoms with Crippen molar-refractivity contribution in [2.24, 2.45) is 0 Å². The summed E-state index contributed by atoms with van der Waals surface area (Å²) in [6, 6.07) is 9.07. The van der Waals surface area contributed by atoms with Gasteiger partial charge in [-0.15, -0.1) is 12.6 Å². The first-order chi connectivity index (χ1) is 6.18. The highest BCUT2D eigenvalue weighted by molar-refractivity contribution is 7.80. The fourth-order valence-electron chi connectivity index (χ4n) is 1.32. The normalized spacial score (nSPS) is 10.5. The topological polar surface area (TPSA) is 46.2 Å². The molecule has 0 amide bonds. The second-order valence-corrected chi connectivity index (χ2v) is 3.43. The van der Waals surface area contributed by atoms with Crippen molar-refractivity contribution in [3.8, 4) is 5.75 Å². The Labute approximate surface area is 81.4 Å². The molecule has 0 spiro atoms. The largest absolute Gasteiger partial charge is 0.505 e. The maximum atomic E-state index is 9.60. The molecule has 2 aromatic carbocycles. The van der Waals surface area contributed by atoms with Crippen molar-refractivity contribution in [1.82, 2.24) is 0 Å². The van der Waals surface area contributed by atoms with Gasteiger partial charge in [-0.2, -0.15) is 0 Å². The van der Waals surface area contributed by atoms with Crippen LogP contribution in [0.2, 0.25) is 0 Å². The molecule has 0 saturated heterocycles. The number of hydrogen-bond donors (Lipinski definition) is 3. The van der Waals surface area contributed by atoms with Crippen molar-refractivity contribution in [1.29, 1.82) is 0 Å². The molecule has 2 rings (SSSR count). The van der Waals surface area contributed by atoms with Crippen LogP contribution in [0, 0.1) is 0 Å². The SMILES string of the molecule is Nc1ccc2cc(S)ccc2c1O. The Morgan fingerprint density at radius 2 is 1.92 bits per heavy atom. The lowest BCUT2D eigenvalue weighted by Crippen LogP contribution is -1.85. The quantitative estimate of drug-likeness (QED) is 0.340. The minimum absolute atomic E-state index is 0.144. The number of benzene rings is 2. The van der Waals surface area contributed by atoms with E-state index in [0.29, 0.717) is 5.69 Å². The minimum atomic E-state index is 0.144. The monoisotopic (exact) mass is 191 g/mol. The minimum Gasteiger partial charge on any atom is -0.505 e. The Balaban J connectivity index is 2.87. The van der Waals surface area contributed by atoms with Crippen LogP contribution >= 0.6 is 12.6 Å². The van der Waals surface area contributed by atoms with Crippen LogP contribution in [-0.4, -0.2) is 5.11 Å². The van der Waals surface area contributed by atoms with Gasteiger partial charge in [-0.25, -0.2) is 0 Å². The molecular formula is C10H9NOS. The third-order valence-electron chi connectivity index (χ3n) is 2.01. The van der Waals surface area contributed by atoms with Crippen molar-refractivity contribution >= 4 is 29.1 Å². The van der Waals surface area contributed by atoms with E-state index in [0.717, 1.165) is 15.7 Å². The Bertz CT molecular complexity index is 468. The lowest BCUT2D eigenvalue weighted by molar-refractivity contribution is 0.484. The molecule has 0 bridgehead atoms. The molecule has 0 aliphatic heterocycles. The van der Waals surface area contributed by atoms with Gasteiger partial charge in [-0.3, -0.25) is 0 Å². The molecule has 66 valence electrons. The molecular weight excluding hydrogens is 182 g/mol. The van der Waals surface area contributed by atoms with E-state index in [9.17, 15) is 5.11 Å². The fraction of sp³-hybridized carbons (Fsp3) is 0. The summed E-state index contributed by atoms with van der Waals surface area (Å²) in [6.45, 7) is 0. The van der Waals surface area contributed by atoms with Gasteiger partial charge in [0.2, 0.25) is 0 Å². The highest BCUT2D eigenvalue weighted by Gasteiger charge is 2.02. The summed E-state index contributed by atoms with van der Waals surface area (Å²) >= 11 is 4.21. The van der Waals surface area contributed by atoms with Crippen molar-refractivity contribution < 1.29 is 5.11 Å². The lowest BCUT2D eigenvalue weighted by Gasteiger charge is -2.03. The Morgan fingerprint density at radius 1 is 1.15 bits per heavy atom. The molecule has 3 heteroatoms. The van der Waals surface area contributed by atoms with Gasteiger partial charge in [0.1, 0.15) is 5.75 Å². The Kier molecular flexibility index (Phi) is 1.81. The van der Waals surface area contributed by atoms with Crippen LogP contribution in [0.4, 0.5) is 5.69 Å². The number of nitrogens with two attached hydrogens (primary N) is 1. The maximum absolute atomic E-state index is 9.60. The standard InChI is InChI=1S/C10H9NOS/c11-9-4-1-6-5-7(13)2-3-8(6)10(9)12/h1-5,12-13H,11H2. The predicted octanol–water partition coefficient (Wildman–Crippen LogP) is 2.42. The molecule has 3 N–H and O–H groups in total. The number of thiol groups is 1. The molecule has 2 aromatic rings. The molecule has 13 heavy (non-hydrogen) atoms. The molecule has 0 heterocycles. The first-order valence-electron chi connectivity index (χ1n) is 3.88. The first kappa shape index (κ1) is 8.26. The van der Waals surface area contributed by atoms with Crippen LogP contribution in [0.25, 0.3) is 10.8 Å². The molecule has 0 aliphatic carbocycles. The van der Waals surface area contributed by atoms with E-state index in [1.54, 1.807) is 6.07 Å². The highest BCUT2D eigenvalue weighted by Crippen LogP contribution is 2.31. The zero-order chi connectivity index (χ0) is 9.42. The van der Waals surface area contributed by atoms with Crippen LogP contribution < -0.4 is 5.73 Å². The van der Waals surface area contributed by atoms with Gasteiger partial charge in [-0.1, -0.05) is 6.07 Å². The third-order valence-corrected chi connectivity index (χ3v) is 2.28.